The zero-order valence-corrected chi connectivity index (χ0v) is 19.3. The van der Waals surface area contributed by atoms with Gasteiger partial charge in [0, 0.05) is 50.5 Å². The second-order valence-corrected chi connectivity index (χ2v) is 11.3. The van der Waals surface area contributed by atoms with Crippen molar-refractivity contribution in [2.45, 2.75) is 50.5 Å². The molecule has 1 fully saturated rings. The third kappa shape index (κ3) is 4.38. The normalized spacial score (nSPS) is 18.8. The van der Waals surface area contributed by atoms with Crippen molar-refractivity contribution in [3.8, 4) is 0 Å². The molecule has 0 amide bonds. The van der Waals surface area contributed by atoms with Crippen molar-refractivity contribution in [2.24, 2.45) is 0 Å². The van der Waals surface area contributed by atoms with Gasteiger partial charge in [0.1, 0.15) is 0 Å². The van der Waals surface area contributed by atoms with Crippen LogP contribution in [0.3, 0.4) is 0 Å². The van der Waals surface area contributed by atoms with E-state index in [4.69, 9.17) is 0 Å². The topological polar surface area (TPSA) is 43.9 Å². The van der Waals surface area contributed by atoms with Crippen LogP contribution in [0.1, 0.15) is 37.5 Å². The molecule has 0 saturated carbocycles. The fraction of sp³-hybridized carbons (Fsp3) is 0.478. The number of halogens is 3. The van der Waals surface area contributed by atoms with Crippen LogP contribution in [0, 0.1) is 0 Å². The van der Waals surface area contributed by atoms with Crippen LogP contribution in [0.25, 0.3) is 0 Å². The van der Waals surface area contributed by atoms with Gasteiger partial charge in [-0.05, 0) is 56.2 Å². The molecule has 0 aromatic heterocycles. The summed E-state index contributed by atoms with van der Waals surface area (Å²) in [5.74, 6) is 0. The van der Waals surface area contributed by atoms with Gasteiger partial charge in [0.25, 0.3) is 0 Å². The molecule has 32 heavy (non-hydrogen) atoms. The van der Waals surface area contributed by atoms with Crippen molar-refractivity contribution >= 4 is 15.7 Å². The SMILES string of the molecule is CC(C)(C)N1CCN(c2cccc3c2CN(S(=O)(=O)c2cccc(C(F)(F)F)c2)C3)CC1. The Morgan fingerprint density at radius 2 is 1.53 bits per heavy atom. The molecule has 2 heterocycles. The number of piperazine rings is 1. The zero-order chi connectivity index (χ0) is 23.3. The van der Waals surface area contributed by atoms with Crippen molar-refractivity contribution in [1.82, 2.24) is 9.21 Å². The van der Waals surface area contributed by atoms with E-state index in [1.54, 1.807) is 0 Å². The van der Waals surface area contributed by atoms with Gasteiger partial charge in [0.15, 0.2) is 0 Å². The van der Waals surface area contributed by atoms with Crippen LogP contribution in [0.4, 0.5) is 18.9 Å². The lowest BCUT2D eigenvalue weighted by Crippen LogP contribution is -2.53. The maximum absolute atomic E-state index is 13.2. The molecule has 2 aromatic carbocycles. The smallest absolute Gasteiger partial charge is 0.369 e. The number of hydrogen-bond donors (Lipinski definition) is 0. The highest BCUT2D eigenvalue weighted by Gasteiger charge is 2.36. The summed E-state index contributed by atoms with van der Waals surface area (Å²) in [7, 11) is -4.06. The Labute approximate surface area is 187 Å². The number of sulfonamides is 1. The van der Waals surface area contributed by atoms with E-state index in [0.29, 0.717) is 6.07 Å². The Bertz CT molecular complexity index is 1100. The predicted molar refractivity (Wildman–Crippen MR) is 118 cm³/mol. The lowest BCUT2D eigenvalue weighted by Gasteiger charge is -2.43. The summed E-state index contributed by atoms with van der Waals surface area (Å²) in [6.07, 6.45) is -4.60. The molecule has 4 rings (SSSR count). The summed E-state index contributed by atoms with van der Waals surface area (Å²) in [5, 5.41) is 0. The quantitative estimate of drug-likeness (QED) is 0.674. The molecule has 0 aliphatic carbocycles. The monoisotopic (exact) mass is 467 g/mol. The van der Waals surface area contributed by atoms with Gasteiger partial charge in [-0.15, -0.1) is 0 Å². The van der Waals surface area contributed by atoms with E-state index in [-0.39, 0.29) is 23.5 Å². The summed E-state index contributed by atoms with van der Waals surface area (Å²) >= 11 is 0. The summed E-state index contributed by atoms with van der Waals surface area (Å²) < 4.78 is 66.9. The van der Waals surface area contributed by atoms with E-state index in [2.05, 4.69) is 30.6 Å². The fourth-order valence-corrected chi connectivity index (χ4v) is 5.87. The second kappa shape index (κ2) is 8.04. The van der Waals surface area contributed by atoms with E-state index >= 15 is 0 Å². The van der Waals surface area contributed by atoms with Gasteiger partial charge < -0.3 is 4.90 Å². The maximum Gasteiger partial charge on any atom is 0.416 e. The molecule has 2 aliphatic rings. The van der Waals surface area contributed by atoms with Crippen LogP contribution in [0.15, 0.2) is 47.4 Å². The van der Waals surface area contributed by atoms with Gasteiger partial charge in [-0.2, -0.15) is 17.5 Å². The maximum atomic E-state index is 13.2. The van der Waals surface area contributed by atoms with Gasteiger partial charge in [0.2, 0.25) is 10.0 Å². The van der Waals surface area contributed by atoms with E-state index in [9.17, 15) is 21.6 Å². The Balaban J connectivity index is 1.56. The van der Waals surface area contributed by atoms with E-state index in [0.717, 1.165) is 55.1 Å². The minimum Gasteiger partial charge on any atom is -0.369 e. The minimum atomic E-state index is -4.60. The number of nitrogens with zero attached hydrogens (tertiary/aromatic N) is 3. The predicted octanol–water partition coefficient (Wildman–Crippen LogP) is 4.33. The van der Waals surface area contributed by atoms with E-state index in [1.807, 2.05) is 18.2 Å². The van der Waals surface area contributed by atoms with Crippen LogP contribution in [-0.2, 0) is 29.3 Å². The number of fused-ring (bicyclic) bond motifs is 1. The number of anilines is 1. The molecular weight excluding hydrogens is 439 g/mol. The van der Waals surface area contributed by atoms with Gasteiger partial charge in [-0.1, -0.05) is 18.2 Å². The first-order chi connectivity index (χ1) is 14.9. The highest BCUT2D eigenvalue weighted by atomic mass is 32.2. The van der Waals surface area contributed by atoms with Crippen LogP contribution < -0.4 is 4.90 Å². The van der Waals surface area contributed by atoms with Crippen LogP contribution >= 0.6 is 0 Å². The minimum absolute atomic E-state index is 0.0978. The van der Waals surface area contributed by atoms with Crippen molar-refractivity contribution < 1.29 is 21.6 Å². The van der Waals surface area contributed by atoms with Gasteiger partial charge in [0.05, 0.1) is 10.5 Å². The van der Waals surface area contributed by atoms with Crippen molar-refractivity contribution in [2.75, 3.05) is 31.1 Å². The molecule has 0 N–H and O–H groups in total. The Kier molecular flexibility index (Phi) is 5.80. The summed E-state index contributed by atoms with van der Waals surface area (Å²) in [6.45, 7) is 10.4. The second-order valence-electron chi connectivity index (χ2n) is 9.36. The van der Waals surface area contributed by atoms with Gasteiger partial charge >= 0.3 is 6.18 Å². The van der Waals surface area contributed by atoms with Crippen LogP contribution in [0.5, 0.6) is 0 Å². The first kappa shape index (κ1) is 23.1. The Morgan fingerprint density at radius 3 is 2.16 bits per heavy atom. The van der Waals surface area contributed by atoms with Gasteiger partial charge in [-0.25, -0.2) is 8.42 Å². The molecule has 5 nitrogen and oxygen atoms in total. The number of hydrogen-bond acceptors (Lipinski definition) is 4. The molecular formula is C23H28F3N3O2S. The Morgan fingerprint density at radius 1 is 0.875 bits per heavy atom. The van der Waals surface area contributed by atoms with Crippen molar-refractivity contribution in [1.29, 1.82) is 0 Å². The van der Waals surface area contributed by atoms with Gasteiger partial charge in [-0.3, -0.25) is 4.90 Å². The molecule has 1 saturated heterocycles. The number of rotatable bonds is 3. The largest absolute Gasteiger partial charge is 0.416 e. The first-order valence-corrected chi connectivity index (χ1v) is 12.1. The van der Waals surface area contributed by atoms with Crippen LogP contribution in [0.2, 0.25) is 0 Å². The standard InChI is InChI=1S/C23H28F3N3O2S/c1-22(2,3)28-12-10-27(11-13-28)21-9-4-6-17-15-29(16-20(17)21)32(30,31)19-8-5-7-18(14-19)23(24,25)26/h4-9,14H,10-13,15-16H2,1-3H3. The summed E-state index contributed by atoms with van der Waals surface area (Å²) in [6, 6.07) is 9.78. The highest BCUT2D eigenvalue weighted by Crippen LogP contribution is 2.37. The van der Waals surface area contributed by atoms with Crippen LogP contribution in [-0.4, -0.2) is 49.3 Å². The molecule has 174 valence electrons. The lowest BCUT2D eigenvalue weighted by molar-refractivity contribution is -0.137. The number of benzene rings is 2. The fourth-order valence-electron chi connectivity index (χ4n) is 4.44. The highest BCUT2D eigenvalue weighted by molar-refractivity contribution is 7.89. The summed E-state index contributed by atoms with van der Waals surface area (Å²) in [4.78, 5) is 4.37. The lowest BCUT2D eigenvalue weighted by atomic mass is 10.0. The first-order valence-electron chi connectivity index (χ1n) is 10.7. The third-order valence-corrected chi connectivity index (χ3v) is 8.09. The average Bonchev–Trinajstić information content (AvgIpc) is 3.18. The van der Waals surface area contributed by atoms with E-state index < -0.39 is 21.8 Å². The molecule has 0 atom stereocenters. The zero-order valence-electron chi connectivity index (χ0n) is 18.5. The average molecular weight is 468 g/mol. The molecule has 2 aromatic rings. The molecule has 0 radical (unpaired) electrons. The molecule has 0 bridgehead atoms. The third-order valence-electron chi connectivity index (χ3n) is 6.30. The molecule has 2 aliphatic heterocycles. The van der Waals surface area contributed by atoms with Crippen molar-refractivity contribution in [3.05, 3.63) is 59.2 Å². The van der Waals surface area contributed by atoms with Crippen molar-refractivity contribution in [3.63, 3.8) is 0 Å². The number of alkyl halides is 3. The van der Waals surface area contributed by atoms with E-state index in [1.165, 1.54) is 10.4 Å². The molecule has 0 spiro atoms. The Hall–Kier alpha value is -2.10. The summed E-state index contributed by atoms with van der Waals surface area (Å²) in [5.41, 5.74) is 1.98. The molecule has 9 heteroatoms. The molecule has 0 unspecified atom stereocenters.